The molecule has 176 valence electrons. The van der Waals surface area contributed by atoms with Crippen LogP contribution in [0, 0.1) is 38.0 Å². The second-order valence-corrected chi connectivity index (χ2v) is 11.2. The molecular formula is C29H32N2O3. The van der Waals surface area contributed by atoms with E-state index < -0.39 is 23.3 Å². The van der Waals surface area contributed by atoms with Crippen molar-refractivity contribution in [3.63, 3.8) is 0 Å². The highest BCUT2D eigenvalue weighted by Crippen LogP contribution is 2.52. The molecule has 0 spiro atoms. The molecule has 2 fully saturated rings. The van der Waals surface area contributed by atoms with E-state index >= 15 is 0 Å². The summed E-state index contributed by atoms with van der Waals surface area (Å²) in [7, 11) is 0. The van der Waals surface area contributed by atoms with Crippen molar-refractivity contribution < 1.29 is 14.4 Å². The lowest BCUT2D eigenvalue weighted by molar-refractivity contribution is -0.132. The van der Waals surface area contributed by atoms with Crippen LogP contribution in [-0.4, -0.2) is 29.7 Å². The number of aryl methyl sites for hydroxylation is 3. The monoisotopic (exact) mass is 456 g/mol. The van der Waals surface area contributed by atoms with E-state index in [-0.39, 0.29) is 23.6 Å². The number of anilines is 2. The van der Waals surface area contributed by atoms with Crippen LogP contribution >= 0.6 is 0 Å². The zero-order valence-electron chi connectivity index (χ0n) is 21.0. The average molecular weight is 457 g/mol. The van der Waals surface area contributed by atoms with Gasteiger partial charge in [0.2, 0.25) is 11.8 Å². The first-order chi connectivity index (χ1) is 15.9. The normalized spacial score (nSPS) is 25.8. The van der Waals surface area contributed by atoms with Crippen LogP contribution in [0.5, 0.6) is 0 Å². The van der Waals surface area contributed by atoms with Crippen molar-refractivity contribution in [1.82, 2.24) is 0 Å². The molecule has 0 aliphatic carbocycles. The molecule has 0 unspecified atom stereocenters. The fourth-order valence-electron chi connectivity index (χ4n) is 5.99. The van der Waals surface area contributed by atoms with Crippen molar-refractivity contribution in [3.8, 4) is 0 Å². The number of fused-ring (bicyclic) bond motifs is 5. The number of hydrogen-bond donors (Lipinski definition) is 0. The molecule has 2 saturated heterocycles. The molecule has 2 aromatic rings. The van der Waals surface area contributed by atoms with Crippen molar-refractivity contribution >= 4 is 34.5 Å². The Kier molecular flexibility index (Phi) is 4.91. The molecule has 4 atom stereocenters. The van der Waals surface area contributed by atoms with Gasteiger partial charge in [0.05, 0.1) is 23.6 Å². The first kappa shape index (κ1) is 22.6. The molecule has 34 heavy (non-hydrogen) atoms. The van der Waals surface area contributed by atoms with Gasteiger partial charge in [0.1, 0.15) is 6.04 Å². The lowest BCUT2D eigenvalue weighted by Gasteiger charge is -2.39. The molecule has 3 aliphatic rings. The number of carbonyl (C=O) groups is 3. The van der Waals surface area contributed by atoms with Crippen molar-refractivity contribution in [3.05, 3.63) is 64.7 Å². The Hall–Kier alpha value is -3.21. The summed E-state index contributed by atoms with van der Waals surface area (Å²) < 4.78 is 0. The molecule has 3 heterocycles. The topological polar surface area (TPSA) is 57.7 Å². The van der Waals surface area contributed by atoms with Crippen molar-refractivity contribution in [2.45, 2.75) is 60.5 Å². The van der Waals surface area contributed by atoms with Crippen LogP contribution in [0.3, 0.4) is 0 Å². The second-order valence-electron chi connectivity index (χ2n) is 11.2. The summed E-state index contributed by atoms with van der Waals surface area (Å²) in [5, 5.41) is 0. The third-order valence-electron chi connectivity index (χ3n) is 7.60. The van der Waals surface area contributed by atoms with E-state index in [9.17, 15) is 14.4 Å². The van der Waals surface area contributed by atoms with E-state index in [1.165, 1.54) is 4.90 Å². The minimum absolute atomic E-state index is 0.00638. The number of nitrogens with zero attached hydrogens (tertiary/aromatic N) is 2. The van der Waals surface area contributed by atoms with Gasteiger partial charge >= 0.3 is 0 Å². The third kappa shape index (κ3) is 3.09. The molecule has 3 aliphatic heterocycles. The molecule has 0 saturated carbocycles. The first-order valence-electron chi connectivity index (χ1n) is 12.0. The van der Waals surface area contributed by atoms with Gasteiger partial charge in [-0.25, -0.2) is 4.90 Å². The van der Waals surface area contributed by atoms with Crippen LogP contribution in [0.2, 0.25) is 0 Å². The summed E-state index contributed by atoms with van der Waals surface area (Å²) in [6, 6.07) is 10.9. The number of benzene rings is 2. The molecule has 0 N–H and O–H groups in total. The minimum atomic E-state index is -0.707. The molecule has 5 heteroatoms. The molecule has 0 bridgehead atoms. The largest absolute Gasteiger partial charge is 0.353 e. The average Bonchev–Trinajstić information content (AvgIpc) is 3.20. The molecule has 5 rings (SSSR count). The number of amides is 2. The Labute approximate surface area is 201 Å². The smallest absolute Gasteiger partial charge is 0.240 e. The van der Waals surface area contributed by atoms with Gasteiger partial charge in [-0.3, -0.25) is 14.4 Å². The van der Waals surface area contributed by atoms with Crippen LogP contribution in [0.15, 0.2) is 42.5 Å². The number of Topliss-reactive ketones (excluding diaryl/α,β-unsaturated/α-hetero) is 1. The summed E-state index contributed by atoms with van der Waals surface area (Å²) >= 11 is 0. The number of allylic oxidation sites excluding steroid dienone is 1. The van der Waals surface area contributed by atoms with E-state index in [2.05, 4.69) is 17.0 Å². The van der Waals surface area contributed by atoms with Gasteiger partial charge in [0.15, 0.2) is 5.78 Å². The van der Waals surface area contributed by atoms with Gasteiger partial charge in [-0.15, -0.1) is 0 Å². The predicted molar refractivity (Wildman–Crippen MR) is 135 cm³/mol. The van der Waals surface area contributed by atoms with E-state index in [0.717, 1.165) is 33.5 Å². The maximum Gasteiger partial charge on any atom is 0.240 e. The Morgan fingerprint density at radius 2 is 1.41 bits per heavy atom. The number of ketones is 1. The fourth-order valence-corrected chi connectivity index (χ4v) is 5.99. The zero-order valence-corrected chi connectivity index (χ0v) is 21.0. The van der Waals surface area contributed by atoms with E-state index in [1.807, 2.05) is 78.8 Å². The van der Waals surface area contributed by atoms with Crippen LogP contribution in [0.4, 0.5) is 11.4 Å². The molecule has 2 amide bonds. The summed E-state index contributed by atoms with van der Waals surface area (Å²) in [6.07, 6.45) is 2.09. The van der Waals surface area contributed by atoms with E-state index in [1.54, 1.807) is 0 Å². The first-order valence-corrected chi connectivity index (χ1v) is 12.0. The summed E-state index contributed by atoms with van der Waals surface area (Å²) in [6.45, 7) is 13.7. The predicted octanol–water partition coefficient (Wildman–Crippen LogP) is 5.01. The molecular weight excluding hydrogens is 424 g/mol. The lowest BCUT2D eigenvalue weighted by Crippen LogP contribution is -2.51. The number of rotatable bonds is 2. The third-order valence-corrected chi connectivity index (χ3v) is 7.60. The van der Waals surface area contributed by atoms with Crippen molar-refractivity contribution in [2.75, 3.05) is 9.80 Å². The maximum atomic E-state index is 14.0. The van der Waals surface area contributed by atoms with Crippen LogP contribution in [-0.2, 0) is 14.4 Å². The highest BCUT2D eigenvalue weighted by molar-refractivity contribution is 6.25. The van der Waals surface area contributed by atoms with Crippen molar-refractivity contribution in [1.29, 1.82) is 0 Å². The van der Waals surface area contributed by atoms with Crippen LogP contribution in [0.25, 0.3) is 5.57 Å². The molecule has 0 aromatic heterocycles. The second kappa shape index (κ2) is 7.39. The highest BCUT2D eigenvalue weighted by Gasteiger charge is 2.65. The molecule has 0 radical (unpaired) electrons. The van der Waals surface area contributed by atoms with Crippen LogP contribution < -0.4 is 9.80 Å². The Bertz CT molecular complexity index is 1280. The SMILES string of the molecule is CC1=C[C@@H]2[C@@H]3C(=O)N(c4ccc(C)cc4C)C(=O)[C@@H]3[C@@H](C(=O)C(C)(C)C)N2c2ccc(C)cc21. The van der Waals surface area contributed by atoms with Crippen molar-refractivity contribution in [2.24, 2.45) is 17.3 Å². The van der Waals surface area contributed by atoms with E-state index in [0.29, 0.717) is 5.69 Å². The van der Waals surface area contributed by atoms with E-state index in [4.69, 9.17) is 0 Å². The zero-order chi connectivity index (χ0) is 24.7. The summed E-state index contributed by atoms with van der Waals surface area (Å²) in [5.41, 5.74) is 6.14. The summed E-state index contributed by atoms with van der Waals surface area (Å²) in [5.74, 6) is -1.78. The molecule has 2 aromatic carbocycles. The van der Waals surface area contributed by atoms with Crippen LogP contribution in [0.1, 0.15) is 49.9 Å². The number of carbonyl (C=O) groups excluding carboxylic acids is 3. The Morgan fingerprint density at radius 1 is 0.824 bits per heavy atom. The maximum absolute atomic E-state index is 14.0. The quantitative estimate of drug-likeness (QED) is 0.597. The lowest BCUT2D eigenvalue weighted by atomic mass is 9.79. The van der Waals surface area contributed by atoms with Gasteiger partial charge < -0.3 is 4.90 Å². The minimum Gasteiger partial charge on any atom is -0.353 e. The van der Waals surface area contributed by atoms with Gasteiger partial charge in [-0.2, -0.15) is 0 Å². The number of hydrogen-bond acceptors (Lipinski definition) is 4. The standard InChI is InChI=1S/C29H32N2O3/c1-15-8-10-20(18(4)12-15)31-27(33)23-22-14-17(3)19-13-16(2)9-11-21(19)30(22)25(24(23)28(31)34)26(32)29(5,6)7/h8-14,22-25H,1-7H3/t22-,23+,24+,25+/m1/s1. The van der Waals surface area contributed by atoms with Gasteiger partial charge in [0, 0.05) is 16.7 Å². The number of imide groups is 1. The summed E-state index contributed by atoms with van der Waals surface area (Å²) in [4.78, 5) is 45.2. The molecule has 5 nitrogen and oxygen atoms in total. The highest BCUT2D eigenvalue weighted by atomic mass is 16.2. The van der Waals surface area contributed by atoms with Gasteiger partial charge in [0.25, 0.3) is 0 Å². The Balaban J connectivity index is 1.69. The van der Waals surface area contributed by atoms with Gasteiger partial charge in [-0.05, 0) is 57.0 Å². The fraction of sp³-hybridized carbons (Fsp3) is 0.414. The van der Waals surface area contributed by atoms with Gasteiger partial charge in [-0.1, -0.05) is 56.2 Å². The Morgan fingerprint density at radius 3 is 2.03 bits per heavy atom.